The number of hydrogen-bond donors (Lipinski definition) is 0. The van der Waals surface area contributed by atoms with E-state index >= 15 is 0 Å². The first-order chi connectivity index (χ1) is 9.41. The van der Waals surface area contributed by atoms with Gasteiger partial charge in [-0.15, -0.1) is 0 Å². The second-order valence-corrected chi connectivity index (χ2v) is 6.94. The van der Waals surface area contributed by atoms with Gasteiger partial charge >= 0.3 is 0 Å². The Bertz CT molecular complexity index is 175. The van der Waals surface area contributed by atoms with Crippen LogP contribution in [0.1, 0.15) is 96.8 Å². The Hall–Kier alpha value is -0.0431. The molecule has 114 valence electrons. The van der Waals surface area contributed by atoms with E-state index in [1.807, 2.05) is 0 Å². The average molecular weight is 283 g/mol. The zero-order chi connectivity index (χ0) is 14.0. The van der Waals surface area contributed by atoms with Crippen molar-refractivity contribution >= 4 is 10.2 Å². The molecule has 0 saturated heterocycles. The number of hydrogen-bond acceptors (Lipinski definition) is 0. The molecule has 0 N–H and O–H groups in total. The summed E-state index contributed by atoms with van der Waals surface area (Å²) >= 11 is 0. The normalized spacial score (nSPS) is 11.6. The van der Waals surface area contributed by atoms with E-state index in [1.54, 1.807) is 0 Å². The van der Waals surface area contributed by atoms with Gasteiger partial charge in [0.25, 0.3) is 0 Å². The van der Waals surface area contributed by atoms with Crippen LogP contribution in [0.15, 0.2) is 12.2 Å². The molecule has 0 spiro atoms. The van der Waals surface area contributed by atoms with Gasteiger partial charge in [0.2, 0.25) is 0 Å². The molecule has 0 aliphatic carbocycles. The van der Waals surface area contributed by atoms with Gasteiger partial charge in [-0.05, 0) is 25.7 Å². The third kappa shape index (κ3) is 18.0. The van der Waals surface area contributed by atoms with Crippen LogP contribution in [0, 0.1) is 0 Å². The molecule has 0 atom stereocenters. The van der Waals surface area contributed by atoms with Crippen molar-refractivity contribution in [1.29, 1.82) is 0 Å². The first kappa shape index (κ1) is 19.0. The molecule has 1 heteroatoms. The lowest BCUT2D eigenvalue weighted by molar-refractivity contribution is 0.606. The third-order valence-corrected chi connectivity index (χ3v) is 4.57. The van der Waals surface area contributed by atoms with Crippen molar-refractivity contribution in [3.05, 3.63) is 12.2 Å². The molecule has 0 saturated carbocycles. The fourth-order valence-electron chi connectivity index (χ4n) is 2.50. The fourth-order valence-corrected chi connectivity index (χ4v) is 3.00. The summed E-state index contributed by atoms with van der Waals surface area (Å²) in [6, 6.07) is 1.50. The monoisotopic (exact) mass is 282 g/mol. The highest BCUT2D eigenvalue weighted by atomic mass is 28.1. The van der Waals surface area contributed by atoms with Crippen LogP contribution in [0.2, 0.25) is 6.04 Å². The first-order valence-corrected chi connectivity index (χ1v) is 10.5. The largest absolute Gasteiger partial charge is 0.0885 e. The summed E-state index contributed by atoms with van der Waals surface area (Å²) < 4.78 is 0. The molecule has 0 aromatic carbocycles. The lowest BCUT2D eigenvalue weighted by Gasteiger charge is -1.99. The van der Waals surface area contributed by atoms with Gasteiger partial charge in [-0.25, -0.2) is 0 Å². The van der Waals surface area contributed by atoms with E-state index in [2.05, 4.69) is 19.1 Å². The van der Waals surface area contributed by atoms with Gasteiger partial charge in [-0.2, -0.15) is 0 Å². The van der Waals surface area contributed by atoms with Crippen LogP contribution in [-0.2, 0) is 0 Å². The van der Waals surface area contributed by atoms with Crippen LogP contribution in [0.25, 0.3) is 0 Å². The van der Waals surface area contributed by atoms with E-state index < -0.39 is 0 Å². The Morgan fingerprint density at radius 1 is 0.579 bits per heavy atom. The van der Waals surface area contributed by atoms with Crippen molar-refractivity contribution in [1.82, 2.24) is 0 Å². The molecule has 0 aromatic rings. The molecule has 0 unspecified atom stereocenters. The quantitative estimate of drug-likeness (QED) is 0.202. The molecule has 0 fully saturated rings. The van der Waals surface area contributed by atoms with E-state index in [4.69, 9.17) is 0 Å². The van der Waals surface area contributed by atoms with E-state index in [0.29, 0.717) is 0 Å². The SMILES string of the molecule is CCCCCCCC/C=C\CCCCCCCC[SiH3]. The van der Waals surface area contributed by atoms with Crippen LogP contribution in [0.3, 0.4) is 0 Å². The molecule has 0 nitrogen and oxygen atoms in total. The van der Waals surface area contributed by atoms with Gasteiger partial charge in [0, 0.05) is 10.2 Å². The van der Waals surface area contributed by atoms with Crippen molar-refractivity contribution in [3.63, 3.8) is 0 Å². The second-order valence-electron chi connectivity index (χ2n) is 5.94. The van der Waals surface area contributed by atoms with Gasteiger partial charge in [-0.1, -0.05) is 89.3 Å². The minimum atomic E-state index is 1.31. The predicted octanol–water partition coefficient (Wildman–Crippen LogP) is 5.81. The summed E-state index contributed by atoms with van der Waals surface area (Å²) in [4.78, 5) is 0. The van der Waals surface area contributed by atoms with E-state index in [-0.39, 0.29) is 0 Å². The van der Waals surface area contributed by atoms with E-state index in [9.17, 15) is 0 Å². The predicted molar refractivity (Wildman–Crippen MR) is 94.2 cm³/mol. The van der Waals surface area contributed by atoms with Crippen LogP contribution in [0.4, 0.5) is 0 Å². The average Bonchev–Trinajstić information content (AvgIpc) is 2.43. The van der Waals surface area contributed by atoms with Crippen molar-refractivity contribution in [2.24, 2.45) is 0 Å². The minimum Gasteiger partial charge on any atom is -0.0885 e. The van der Waals surface area contributed by atoms with Gasteiger partial charge in [0.05, 0.1) is 0 Å². The maximum atomic E-state index is 2.42. The Balaban J connectivity index is 3.01. The van der Waals surface area contributed by atoms with Crippen molar-refractivity contribution in [3.8, 4) is 0 Å². The zero-order valence-corrected chi connectivity index (χ0v) is 15.8. The Morgan fingerprint density at radius 2 is 1.00 bits per heavy atom. The highest BCUT2D eigenvalue weighted by molar-refractivity contribution is 6.08. The summed E-state index contributed by atoms with van der Waals surface area (Å²) in [6.07, 6.45) is 24.8. The Labute approximate surface area is 125 Å². The molecule has 0 aromatic heterocycles. The van der Waals surface area contributed by atoms with Gasteiger partial charge in [0.1, 0.15) is 0 Å². The number of rotatable bonds is 15. The standard InChI is InChI=1S/C18H38Si/c1-2-3-4-5-6-7-8-9-10-11-12-13-14-15-16-17-18-19/h9-10H,2-8,11-18H2,1,19H3/b10-9-. The zero-order valence-electron chi connectivity index (χ0n) is 13.8. The van der Waals surface area contributed by atoms with Crippen LogP contribution < -0.4 is 0 Å². The third-order valence-electron chi connectivity index (χ3n) is 3.87. The first-order valence-electron chi connectivity index (χ1n) is 9.06. The van der Waals surface area contributed by atoms with E-state index in [1.165, 1.54) is 106 Å². The maximum absolute atomic E-state index is 2.42. The smallest absolute Gasteiger partial charge is 0.00279 e. The van der Waals surface area contributed by atoms with Crippen molar-refractivity contribution in [2.75, 3.05) is 0 Å². The van der Waals surface area contributed by atoms with Gasteiger partial charge in [-0.3, -0.25) is 0 Å². The van der Waals surface area contributed by atoms with Crippen LogP contribution in [-0.4, -0.2) is 10.2 Å². The summed E-state index contributed by atoms with van der Waals surface area (Å²) in [6.45, 7) is 2.29. The summed E-state index contributed by atoms with van der Waals surface area (Å²) in [5.74, 6) is 0. The van der Waals surface area contributed by atoms with Gasteiger partial charge in [0.15, 0.2) is 0 Å². The van der Waals surface area contributed by atoms with Crippen LogP contribution >= 0.6 is 0 Å². The molecule has 0 bridgehead atoms. The maximum Gasteiger partial charge on any atom is 0.00279 e. The highest BCUT2D eigenvalue weighted by Crippen LogP contribution is 2.10. The molecule has 0 heterocycles. The Morgan fingerprint density at radius 3 is 1.47 bits per heavy atom. The van der Waals surface area contributed by atoms with E-state index in [0.717, 1.165) is 0 Å². The molecule has 0 radical (unpaired) electrons. The Kier molecular flexibility index (Phi) is 17.9. The molecule has 0 rings (SSSR count). The molecule has 0 aliphatic heterocycles. The molecule has 0 amide bonds. The summed E-state index contributed by atoms with van der Waals surface area (Å²) in [5, 5.41) is 0. The van der Waals surface area contributed by atoms with Crippen molar-refractivity contribution < 1.29 is 0 Å². The number of unbranched alkanes of at least 4 members (excludes halogenated alkanes) is 12. The highest BCUT2D eigenvalue weighted by Gasteiger charge is 1.90. The molecular weight excluding hydrogens is 244 g/mol. The minimum absolute atomic E-state index is 1.31. The lowest BCUT2D eigenvalue weighted by atomic mass is 10.1. The molecular formula is C18H38Si. The number of allylic oxidation sites excluding steroid dienone is 2. The van der Waals surface area contributed by atoms with Crippen LogP contribution in [0.5, 0.6) is 0 Å². The van der Waals surface area contributed by atoms with Gasteiger partial charge < -0.3 is 0 Å². The summed E-state index contributed by atoms with van der Waals surface area (Å²) in [5.41, 5.74) is 0. The second kappa shape index (κ2) is 18.0. The molecule has 0 aliphatic rings. The van der Waals surface area contributed by atoms with Crippen molar-refractivity contribution in [2.45, 2.75) is 103 Å². The summed E-state index contributed by atoms with van der Waals surface area (Å²) in [7, 11) is 1.40. The fraction of sp³-hybridized carbons (Fsp3) is 0.889. The lowest BCUT2D eigenvalue weighted by Crippen LogP contribution is -1.80. The molecule has 19 heavy (non-hydrogen) atoms. The topological polar surface area (TPSA) is 0 Å².